The first-order chi connectivity index (χ1) is 10.3. The van der Waals surface area contributed by atoms with Crippen molar-refractivity contribution in [1.29, 1.82) is 0 Å². The zero-order valence-electron chi connectivity index (χ0n) is 12.5. The molecular formula is C16H21N3O2. The van der Waals surface area contributed by atoms with E-state index in [1.165, 1.54) is 0 Å². The number of ether oxygens (including phenoxy) is 2. The first kappa shape index (κ1) is 13.9. The highest BCUT2D eigenvalue weighted by Gasteiger charge is 2.31. The number of fused-ring (bicyclic) bond motifs is 1. The lowest BCUT2D eigenvalue weighted by molar-refractivity contribution is 0.0597. The van der Waals surface area contributed by atoms with Crippen molar-refractivity contribution in [2.24, 2.45) is 0 Å². The van der Waals surface area contributed by atoms with Gasteiger partial charge in [-0.05, 0) is 31.7 Å². The maximum Gasteiger partial charge on any atom is 0.161 e. The third kappa shape index (κ3) is 2.74. The van der Waals surface area contributed by atoms with Crippen molar-refractivity contribution >= 4 is 0 Å². The second-order valence-corrected chi connectivity index (χ2v) is 5.02. The van der Waals surface area contributed by atoms with Crippen molar-refractivity contribution < 1.29 is 9.47 Å². The molecule has 1 N–H and O–H groups in total. The van der Waals surface area contributed by atoms with E-state index in [9.17, 15) is 0 Å². The fraction of sp³-hybridized carbons (Fsp3) is 0.438. The molecule has 0 radical (unpaired) electrons. The monoisotopic (exact) mass is 287 g/mol. The van der Waals surface area contributed by atoms with Crippen LogP contribution in [0.15, 0.2) is 36.5 Å². The summed E-state index contributed by atoms with van der Waals surface area (Å²) in [4.78, 5) is 0. The fourth-order valence-electron chi connectivity index (χ4n) is 2.72. The fourth-order valence-corrected chi connectivity index (χ4v) is 2.72. The number of aromatic nitrogens is 2. The maximum atomic E-state index is 6.14. The summed E-state index contributed by atoms with van der Waals surface area (Å²) in [6, 6.07) is 9.90. The molecule has 0 aliphatic carbocycles. The summed E-state index contributed by atoms with van der Waals surface area (Å²) in [5.74, 6) is 1.62. The Morgan fingerprint density at radius 3 is 2.86 bits per heavy atom. The van der Waals surface area contributed by atoms with E-state index in [0.717, 1.165) is 30.3 Å². The Labute approximate surface area is 124 Å². The van der Waals surface area contributed by atoms with Crippen LogP contribution in [0.2, 0.25) is 0 Å². The normalized spacial score (nSPS) is 18.5. The molecule has 1 aliphatic heterocycles. The average molecular weight is 287 g/mol. The molecule has 5 heteroatoms. The highest BCUT2D eigenvalue weighted by Crippen LogP contribution is 2.34. The van der Waals surface area contributed by atoms with E-state index in [-0.39, 0.29) is 12.1 Å². The first-order valence-electron chi connectivity index (χ1n) is 7.47. The first-order valence-corrected chi connectivity index (χ1v) is 7.47. The zero-order valence-corrected chi connectivity index (χ0v) is 12.5. The van der Waals surface area contributed by atoms with Crippen LogP contribution < -0.4 is 14.8 Å². The highest BCUT2D eigenvalue weighted by atomic mass is 16.6. The highest BCUT2D eigenvalue weighted by molar-refractivity contribution is 5.41. The van der Waals surface area contributed by atoms with E-state index in [2.05, 4.69) is 24.3 Å². The Morgan fingerprint density at radius 2 is 2.10 bits per heavy atom. The van der Waals surface area contributed by atoms with E-state index in [1.807, 2.05) is 41.2 Å². The molecular weight excluding hydrogens is 266 g/mol. The van der Waals surface area contributed by atoms with Crippen molar-refractivity contribution in [3.63, 3.8) is 0 Å². The van der Waals surface area contributed by atoms with Crippen molar-refractivity contribution in [2.45, 2.75) is 32.5 Å². The molecule has 2 atom stereocenters. The van der Waals surface area contributed by atoms with E-state index in [1.54, 1.807) is 0 Å². The maximum absolute atomic E-state index is 6.14. The van der Waals surface area contributed by atoms with E-state index in [4.69, 9.17) is 9.47 Å². The lowest BCUT2D eigenvalue weighted by Gasteiger charge is -2.32. The molecule has 2 aromatic rings. The van der Waals surface area contributed by atoms with Gasteiger partial charge in [0.05, 0.1) is 11.7 Å². The Bertz CT molecular complexity index is 597. The quantitative estimate of drug-likeness (QED) is 0.917. The van der Waals surface area contributed by atoms with Crippen molar-refractivity contribution in [2.75, 3.05) is 13.2 Å². The molecule has 5 nitrogen and oxygen atoms in total. The van der Waals surface area contributed by atoms with Gasteiger partial charge in [-0.15, -0.1) is 0 Å². The minimum atomic E-state index is -0.0677. The minimum Gasteiger partial charge on any atom is -0.486 e. The number of nitrogens with one attached hydrogen (secondary N) is 1. The van der Waals surface area contributed by atoms with Crippen molar-refractivity contribution in [1.82, 2.24) is 15.1 Å². The summed E-state index contributed by atoms with van der Waals surface area (Å²) in [5.41, 5.74) is 1.13. The molecule has 112 valence electrons. The smallest absolute Gasteiger partial charge is 0.161 e. The minimum absolute atomic E-state index is 0.0609. The Morgan fingerprint density at radius 1 is 1.29 bits per heavy atom. The van der Waals surface area contributed by atoms with E-state index < -0.39 is 0 Å². The molecule has 2 heterocycles. The van der Waals surface area contributed by atoms with E-state index in [0.29, 0.717) is 6.61 Å². The topological polar surface area (TPSA) is 48.3 Å². The van der Waals surface area contributed by atoms with Gasteiger partial charge in [-0.2, -0.15) is 5.10 Å². The summed E-state index contributed by atoms with van der Waals surface area (Å²) < 4.78 is 14.0. The molecule has 0 amide bonds. The van der Waals surface area contributed by atoms with Gasteiger partial charge in [0.15, 0.2) is 17.6 Å². The lowest BCUT2D eigenvalue weighted by atomic mass is 10.1. The molecule has 1 aromatic carbocycles. The summed E-state index contributed by atoms with van der Waals surface area (Å²) in [5, 5.41) is 7.85. The predicted molar refractivity (Wildman–Crippen MR) is 80.7 cm³/mol. The number of hydrogen-bond acceptors (Lipinski definition) is 4. The van der Waals surface area contributed by atoms with Crippen LogP contribution in [-0.2, 0) is 6.54 Å². The third-order valence-electron chi connectivity index (χ3n) is 3.69. The van der Waals surface area contributed by atoms with Gasteiger partial charge in [0.25, 0.3) is 0 Å². The van der Waals surface area contributed by atoms with E-state index >= 15 is 0 Å². The number of rotatable bonds is 5. The van der Waals surface area contributed by atoms with Crippen molar-refractivity contribution in [3.8, 4) is 11.5 Å². The van der Waals surface area contributed by atoms with Gasteiger partial charge in [0.2, 0.25) is 0 Å². The number of aryl methyl sites for hydroxylation is 1. The third-order valence-corrected chi connectivity index (χ3v) is 3.69. The number of hydrogen-bond donors (Lipinski definition) is 1. The Kier molecular flexibility index (Phi) is 4.10. The molecule has 21 heavy (non-hydrogen) atoms. The van der Waals surface area contributed by atoms with Gasteiger partial charge in [-0.1, -0.05) is 19.1 Å². The molecule has 0 fully saturated rings. The van der Waals surface area contributed by atoms with Gasteiger partial charge < -0.3 is 14.8 Å². The van der Waals surface area contributed by atoms with Crippen LogP contribution in [0.4, 0.5) is 0 Å². The molecule has 2 unspecified atom stereocenters. The Balaban J connectivity index is 1.86. The molecule has 0 saturated heterocycles. The number of nitrogens with zero attached hydrogens (tertiary/aromatic N) is 2. The summed E-state index contributed by atoms with van der Waals surface area (Å²) in [7, 11) is 0. The molecule has 0 spiro atoms. The largest absolute Gasteiger partial charge is 0.486 e. The average Bonchev–Trinajstić information content (AvgIpc) is 3.00. The van der Waals surface area contributed by atoms with Crippen LogP contribution in [0, 0.1) is 0 Å². The SMILES string of the molecule is CCNC(c1ccnn1CC)C1COc2ccccc2O1. The molecule has 1 aromatic heterocycles. The van der Waals surface area contributed by atoms with Crippen LogP contribution in [0.1, 0.15) is 25.6 Å². The van der Waals surface area contributed by atoms with Crippen molar-refractivity contribution in [3.05, 3.63) is 42.2 Å². The molecule has 0 saturated carbocycles. The second kappa shape index (κ2) is 6.18. The zero-order chi connectivity index (χ0) is 14.7. The number of para-hydroxylation sites is 2. The van der Waals surface area contributed by atoms with Gasteiger partial charge >= 0.3 is 0 Å². The predicted octanol–water partition coefficient (Wildman–Crippen LogP) is 2.39. The molecule has 1 aliphatic rings. The summed E-state index contributed by atoms with van der Waals surface area (Å²) in [6.45, 7) is 6.42. The van der Waals surface area contributed by atoms with Crippen LogP contribution in [0.25, 0.3) is 0 Å². The molecule has 3 rings (SSSR count). The molecule has 0 bridgehead atoms. The summed E-state index contributed by atoms with van der Waals surface area (Å²) in [6.07, 6.45) is 1.77. The van der Waals surface area contributed by atoms with Gasteiger partial charge in [-0.25, -0.2) is 0 Å². The summed E-state index contributed by atoms with van der Waals surface area (Å²) >= 11 is 0. The Hall–Kier alpha value is -2.01. The standard InChI is InChI=1S/C16H21N3O2/c1-3-17-16(12-9-10-18-19(12)4-2)15-11-20-13-7-5-6-8-14(13)21-15/h5-10,15-17H,3-4,11H2,1-2H3. The van der Waals surface area contributed by atoms with Crippen LogP contribution in [0.3, 0.4) is 0 Å². The van der Waals surface area contributed by atoms with Crippen LogP contribution in [-0.4, -0.2) is 29.0 Å². The van der Waals surface area contributed by atoms with Crippen LogP contribution in [0.5, 0.6) is 11.5 Å². The number of likely N-dealkylation sites (N-methyl/N-ethyl adjacent to an activating group) is 1. The van der Waals surface area contributed by atoms with Crippen LogP contribution >= 0.6 is 0 Å². The number of benzene rings is 1. The second-order valence-electron chi connectivity index (χ2n) is 5.02. The lowest BCUT2D eigenvalue weighted by Crippen LogP contribution is -2.42. The van der Waals surface area contributed by atoms with Gasteiger partial charge in [0, 0.05) is 12.7 Å². The van der Waals surface area contributed by atoms with Gasteiger partial charge in [-0.3, -0.25) is 4.68 Å². The van der Waals surface area contributed by atoms with Gasteiger partial charge in [0.1, 0.15) is 6.61 Å².